The van der Waals surface area contributed by atoms with Gasteiger partial charge in [-0.25, -0.2) is 4.98 Å². The molecule has 1 rings (SSSR count). The molecular formula is C7H8NO2. The third-order valence-electron chi connectivity index (χ3n) is 1.13. The molecule has 1 aromatic rings. The van der Waals surface area contributed by atoms with Crippen molar-refractivity contribution in [2.24, 2.45) is 0 Å². The van der Waals surface area contributed by atoms with Crippen LogP contribution in [0.15, 0.2) is 12.3 Å². The summed E-state index contributed by atoms with van der Waals surface area (Å²) in [4.78, 5) is 3.85. The third-order valence-corrected chi connectivity index (χ3v) is 1.13. The monoisotopic (exact) mass is 138 g/mol. The average Bonchev–Trinajstić information content (AvgIpc) is 2.04. The first-order chi connectivity index (χ1) is 4.88. The number of hydrogen-bond acceptors (Lipinski definition) is 3. The standard InChI is InChI=1S/C7H8NO2/c1-10-7-6(5-9)3-2-4-8-7/h2,4,9H,5H2,1H3. The van der Waals surface area contributed by atoms with E-state index in [1.807, 2.05) is 0 Å². The van der Waals surface area contributed by atoms with Crippen LogP contribution in [0.1, 0.15) is 5.56 Å². The van der Waals surface area contributed by atoms with E-state index in [1.54, 1.807) is 12.3 Å². The van der Waals surface area contributed by atoms with E-state index in [1.165, 1.54) is 7.11 Å². The Bertz CT molecular complexity index is 190. The van der Waals surface area contributed by atoms with Crippen molar-refractivity contribution < 1.29 is 9.84 Å². The highest BCUT2D eigenvalue weighted by atomic mass is 16.5. The number of aliphatic hydroxyl groups excluding tert-OH is 1. The van der Waals surface area contributed by atoms with Crippen molar-refractivity contribution in [3.8, 4) is 5.88 Å². The highest BCUT2D eigenvalue weighted by Crippen LogP contribution is 2.11. The Labute approximate surface area is 59.3 Å². The molecule has 1 N–H and O–H groups in total. The first-order valence-electron chi connectivity index (χ1n) is 2.89. The number of rotatable bonds is 2. The zero-order chi connectivity index (χ0) is 7.40. The van der Waals surface area contributed by atoms with E-state index in [4.69, 9.17) is 9.84 Å². The van der Waals surface area contributed by atoms with Gasteiger partial charge in [0.05, 0.1) is 13.7 Å². The lowest BCUT2D eigenvalue weighted by Gasteiger charge is -2.01. The van der Waals surface area contributed by atoms with Gasteiger partial charge in [-0.1, -0.05) is 0 Å². The minimum absolute atomic E-state index is 0.0863. The number of nitrogens with zero attached hydrogens (tertiary/aromatic N) is 1. The first-order valence-corrected chi connectivity index (χ1v) is 2.89. The molecule has 1 aromatic heterocycles. The fourth-order valence-corrected chi connectivity index (χ4v) is 0.672. The Hall–Kier alpha value is -1.09. The topological polar surface area (TPSA) is 42.4 Å². The van der Waals surface area contributed by atoms with E-state index < -0.39 is 0 Å². The molecule has 3 nitrogen and oxygen atoms in total. The van der Waals surface area contributed by atoms with Crippen molar-refractivity contribution in [3.63, 3.8) is 0 Å². The molecule has 0 aliphatic rings. The Kier molecular flexibility index (Phi) is 2.23. The molecule has 0 unspecified atom stereocenters. The molecule has 0 amide bonds. The second kappa shape index (κ2) is 3.17. The maximum atomic E-state index is 8.70. The number of pyridine rings is 1. The Morgan fingerprint density at radius 2 is 2.60 bits per heavy atom. The summed E-state index contributed by atoms with van der Waals surface area (Å²) in [7, 11) is 1.51. The molecule has 0 atom stereocenters. The van der Waals surface area contributed by atoms with E-state index in [2.05, 4.69) is 11.1 Å². The van der Waals surface area contributed by atoms with Gasteiger partial charge in [0.2, 0.25) is 5.88 Å². The lowest BCUT2D eigenvalue weighted by atomic mass is 10.3. The van der Waals surface area contributed by atoms with Crippen LogP contribution < -0.4 is 4.74 Å². The fraction of sp³-hybridized carbons (Fsp3) is 0.286. The number of aliphatic hydroxyl groups is 1. The summed E-state index contributed by atoms with van der Waals surface area (Å²) < 4.78 is 4.83. The van der Waals surface area contributed by atoms with Gasteiger partial charge in [-0.3, -0.25) is 0 Å². The zero-order valence-corrected chi connectivity index (χ0v) is 5.66. The van der Waals surface area contributed by atoms with Crippen molar-refractivity contribution in [1.29, 1.82) is 0 Å². The summed E-state index contributed by atoms with van der Waals surface area (Å²) in [5.41, 5.74) is 0.588. The van der Waals surface area contributed by atoms with Crippen molar-refractivity contribution in [3.05, 3.63) is 23.9 Å². The van der Waals surface area contributed by atoms with Gasteiger partial charge < -0.3 is 9.84 Å². The molecule has 0 bridgehead atoms. The smallest absolute Gasteiger partial charge is 0.219 e. The fourth-order valence-electron chi connectivity index (χ4n) is 0.672. The molecule has 1 heterocycles. The van der Waals surface area contributed by atoms with Gasteiger partial charge in [-0.05, 0) is 12.1 Å². The molecule has 0 aliphatic carbocycles. The van der Waals surface area contributed by atoms with Crippen LogP contribution in [0.5, 0.6) is 5.88 Å². The van der Waals surface area contributed by atoms with Crippen LogP contribution in [-0.4, -0.2) is 17.2 Å². The van der Waals surface area contributed by atoms with E-state index >= 15 is 0 Å². The van der Waals surface area contributed by atoms with Crippen LogP contribution in [0.4, 0.5) is 0 Å². The van der Waals surface area contributed by atoms with Crippen LogP contribution in [0, 0.1) is 6.07 Å². The van der Waals surface area contributed by atoms with E-state index in [0.717, 1.165) is 0 Å². The van der Waals surface area contributed by atoms with Crippen molar-refractivity contribution in [2.75, 3.05) is 7.11 Å². The van der Waals surface area contributed by atoms with Crippen LogP contribution in [0.2, 0.25) is 0 Å². The Morgan fingerprint density at radius 3 is 3.10 bits per heavy atom. The summed E-state index contributed by atoms with van der Waals surface area (Å²) in [6, 6.07) is 4.43. The van der Waals surface area contributed by atoms with E-state index in [9.17, 15) is 0 Å². The van der Waals surface area contributed by atoms with E-state index in [-0.39, 0.29) is 6.61 Å². The van der Waals surface area contributed by atoms with Gasteiger partial charge in [-0.15, -0.1) is 0 Å². The van der Waals surface area contributed by atoms with Crippen molar-refractivity contribution in [2.45, 2.75) is 6.61 Å². The quantitative estimate of drug-likeness (QED) is 0.642. The zero-order valence-electron chi connectivity index (χ0n) is 5.66. The maximum Gasteiger partial charge on any atom is 0.219 e. The minimum atomic E-state index is -0.0863. The van der Waals surface area contributed by atoms with Gasteiger partial charge in [0.1, 0.15) is 0 Å². The molecule has 0 saturated carbocycles. The summed E-state index contributed by atoms with van der Waals surface area (Å²) in [6.45, 7) is -0.0863. The van der Waals surface area contributed by atoms with E-state index in [0.29, 0.717) is 11.4 Å². The molecule has 53 valence electrons. The summed E-state index contributed by atoms with van der Waals surface area (Å²) in [5, 5.41) is 8.70. The molecule has 10 heavy (non-hydrogen) atoms. The van der Waals surface area contributed by atoms with Gasteiger partial charge in [0.25, 0.3) is 0 Å². The van der Waals surface area contributed by atoms with Crippen LogP contribution >= 0.6 is 0 Å². The third kappa shape index (κ3) is 1.25. The second-order valence-corrected chi connectivity index (χ2v) is 1.74. The van der Waals surface area contributed by atoms with Gasteiger partial charge >= 0.3 is 0 Å². The minimum Gasteiger partial charge on any atom is -0.481 e. The highest BCUT2D eigenvalue weighted by molar-refractivity contribution is 5.22. The molecule has 1 radical (unpaired) electrons. The Morgan fingerprint density at radius 1 is 1.80 bits per heavy atom. The van der Waals surface area contributed by atoms with Gasteiger partial charge in [0, 0.05) is 11.8 Å². The second-order valence-electron chi connectivity index (χ2n) is 1.74. The van der Waals surface area contributed by atoms with Crippen LogP contribution in [-0.2, 0) is 6.61 Å². The van der Waals surface area contributed by atoms with Crippen molar-refractivity contribution in [1.82, 2.24) is 4.98 Å². The SMILES string of the molecule is COc1ncc[c]c1CO. The molecular weight excluding hydrogens is 130 g/mol. The summed E-state index contributed by atoms with van der Waals surface area (Å²) in [5.74, 6) is 0.435. The molecule has 0 fully saturated rings. The number of ether oxygens (including phenoxy) is 1. The molecule has 3 heteroatoms. The predicted molar refractivity (Wildman–Crippen MR) is 35.5 cm³/mol. The predicted octanol–water partition coefficient (Wildman–Crippen LogP) is 0.383. The number of aromatic nitrogens is 1. The van der Waals surface area contributed by atoms with Gasteiger partial charge in [0.15, 0.2) is 0 Å². The molecule has 0 aromatic carbocycles. The lowest BCUT2D eigenvalue weighted by molar-refractivity contribution is 0.271. The van der Waals surface area contributed by atoms with Crippen LogP contribution in [0.3, 0.4) is 0 Å². The first kappa shape index (κ1) is 7.02. The van der Waals surface area contributed by atoms with Crippen LogP contribution in [0.25, 0.3) is 0 Å². The summed E-state index contributed by atoms with van der Waals surface area (Å²) in [6.07, 6.45) is 1.57. The largest absolute Gasteiger partial charge is 0.481 e. The number of methoxy groups -OCH3 is 1. The molecule has 0 saturated heterocycles. The van der Waals surface area contributed by atoms with Crippen molar-refractivity contribution >= 4 is 0 Å². The highest BCUT2D eigenvalue weighted by Gasteiger charge is 1.99. The Balaban J connectivity index is 2.96. The molecule has 0 aliphatic heterocycles. The summed E-state index contributed by atoms with van der Waals surface area (Å²) >= 11 is 0. The van der Waals surface area contributed by atoms with Gasteiger partial charge in [-0.2, -0.15) is 0 Å². The molecule has 0 spiro atoms. The average molecular weight is 138 g/mol. The number of hydrogen-bond donors (Lipinski definition) is 1. The maximum absolute atomic E-state index is 8.70. The lowest BCUT2D eigenvalue weighted by Crippen LogP contribution is -1.93. The normalized spacial score (nSPS) is 9.40.